The second-order valence-electron chi connectivity index (χ2n) is 4.24. The number of amides is 2. The Bertz CT molecular complexity index is 277. The van der Waals surface area contributed by atoms with Crippen molar-refractivity contribution in [2.24, 2.45) is 0 Å². The Hall–Kier alpha value is -1.52. The summed E-state index contributed by atoms with van der Waals surface area (Å²) in [6, 6.07) is -0.0335. The summed E-state index contributed by atoms with van der Waals surface area (Å²) < 4.78 is 0. The molecule has 0 saturated carbocycles. The van der Waals surface area contributed by atoms with Crippen LogP contribution in [0.5, 0.6) is 0 Å². The van der Waals surface area contributed by atoms with Crippen molar-refractivity contribution in [1.29, 1.82) is 0 Å². The molecule has 5 heteroatoms. The standard InChI is InChI=1S/C12H22N2O3/c1-5-8-13(4)12(17)14(10(2)3)9-6-7-11(15)16/h5,10H,1,6-9H2,2-4H3,(H,15,16). The Morgan fingerprint density at radius 1 is 1.41 bits per heavy atom. The summed E-state index contributed by atoms with van der Waals surface area (Å²) in [4.78, 5) is 25.7. The third-order valence-corrected chi connectivity index (χ3v) is 2.39. The molecule has 0 atom stereocenters. The first-order valence-corrected chi connectivity index (χ1v) is 5.74. The molecule has 0 saturated heterocycles. The molecule has 0 aromatic rings. The lowest BCUT2D eigenvalue weighted by molar-refractivity contribution is -0.137. The van der Waals surface area contributed by atoms with Crippen LogP contribution in [0.25, 0.3) is 0 Å². The average molecular weight is 242 g/mol. The quantitative estimate of drug-likeness (QED) is 0.692. The van der Waals surface area contributed by atoms with Gasteiger partial charge in [-0.1, -0.05) is 6.08 Å². The third-order valence-electron chi connectivity index (χ3n) is 2.39. The van der Waals surface area contributed by atoms with Crippen molar-refractivity contribution in [3.05, 3.63) is 12.7 Å². The molecular formula is C12H22N2O3. The molecule has 0 unspecified atom stereocenters. The normalized spacial score (nSPS) is 10.1. The van der Waals surface area contributed by atoms with Gasteiger partial charge < -0.3 is 14.9 Å². The summed E-state index contributed by atoms with van der Waals surface area (Å²) in [5, 5.41) is 8.57. The lowest BCUT2D eigenvalue weighted by Crippen LogP contribution is -2.45. The highest BCUT2D eigenvalue weighted by atomic mass is 16.4. The first kappa shape index (κ1) is 15.5. The van der Waals surface area contributed by atoms with E-state index >= 15 is 0 Å². The Balaban J connectivity index is 4.35. The van der Waals surface area contributed by atoms with Gasteiger partial charge in [-0.25, -0.2) is 4.79 Å². The number of urea groups is 1. The van der Waals surface area contributed by atoms with Crippen LogP contribution < -0.4 is 0 Å². The number of carbonyl (C=O) groups excluding carboxylic acids is 1. The van der Waals surface area contributed by atoms with E-state index in [2.05, 4.69) is 6.58 Å². The monoisotopic (exact) mass is 242 g/mol. The molecule has 98 valence electrons. The smallest absolute Gasteiger partial charge is 0.320 e. The van der Waals surface area contributed by atoms with Crippen LogP contribution in [0.3, 0.4) is 0 Å². The fraction of sp³-hybridized carbons (Fsp3) is 0.667. The summed E-state index contributed by atoms with van der Waals surface area (Å²) in [7, 11) is 1.70. The van der Waals surface area contributed by atoms with Gasteiger partial charge in [0.2, 0.25) is 0 Å². The minimum absolute atomic E-state index is 0.0589. The minimum Gasteiger partial charge on any atom is -0.481 e. The first-order chi connectivity index (χ1) is 7.90. The number of carboxylic acids is 1. The van der Waals surface area contributed by atoms with Gasteiger partial charge in [0.15, 0.2) is 0 Å². The van der Waals surface area contributed by atoms with Gasteiger partial charge in [0, 0.05) is 32.6 Å². The first-order valence-electron chi connectivity index (χ1n) is 5.74. The summed E-state index contributed by atoms with van der Waals surface area (Å²) in [5.74, 6) is -0.833. The molecule has 0 aromatic heterocycles. The van der Waals surface area contributed by atoms with Crippen LogP contribution in [0.4, 0.5) is 4.79 Å². The van der Waals surface area contributed by atoms with Gasteiger partial charge in [0.05, 0.1) is 0 Å². The highest BCUT2D eigenvalue weighted by Crippen LogP contribution is 2.06. The fourth-order valence-corrected chi connectivity index (χ4v) is 1.47. The van der Waals surface area contributed by atoms with Gasteiger partial charge >= 0.3 is 12.0 Å². The minimum atomic E-state index is -0.833. The molecule has 0 aliphatic carbocycles. The highest BCUT2D eigenvalue weighted by Gasteiger charge is 2.19. The van der Waals surface area contributed by atoms with Gasteiger partial charge in [0.25, 0.3) is 0 Å². The zero-order valence-electron chi connectivity index (χ0n) is 10.8. The van der Waals surface area contributed by atoms with Crippen LogP contribution in [-0.4, -0.2) is 53.1 Å². The number of carbonyl (C=O) groups is 2. The maximum Gasteiger partial charge on any atom is 0.320 e. The van der Waals surface area contributed by atoms with E-state index in [1.165, 1.54) is 0 Å². The Morgan fingerprint density at radius 2 is 2.00 bits per heavy atom. The van der Waals surface area contributed by atoms with Crippen LogP contribution >= 0.6 is 0 Å². The molecule has 0 radical (unpaired) electrons. The second kappa shape index (κ2) is 7.70. The molecule has 0 heterocycles. The van der Waals surface area contributed by atoms with E-state index in [1.54, 1.807) is 22.9 Å². The zero-order valence-corrected chi connectivity index (χ0v) is 10.8. The highest BCUT2D eigenvalue weighted by molar-refractivity contribution is 5.74. The fourth-order valence-electron chi connectivity index (χ4n) is 1.47. The summed E-state index contributed by atoms with van der Waals surface area (Å²) in [6.45, 7) is 8.37. The topological polar surface area (TPSA) is 60.9 Å². The molecule has 0 rings (SSSR count). The summed E-state index contributed by atoms with van der Waals surface area (Å²) >= 11 is 0. The Morgan fingerprint density at radius 3 is 2.41 bits per heavy atom. The number of rotatable bonds is 7. The maximum absolute atomic E-state index is 12.0. The molecular weight excluding hydrogens is 220 g/mol. The molecule has 0 aliphatic heterocycles. The van der Waals surface area contributed by atoms with Crippen molar-refractivity contribution in [1.82, 2.24) is 9.80 Å². The van der Waals surface area contributed by atoms with Crippen molar-refractivity contribution < 1.29 is 14.7 Å². The average Bonchev–Trinajstić information content (AvgIpc) is 2.23. The number of carboxylic acid groups (broad SMARTS) is 1. The van der Waals surface area contributed by atoms with Gasteiger partial charge in [-0.15, -0.1) is 6.58 Å². The second-order valence-corrected chi connectivity index (χ2v) is 4.24. The van der Waals surface area contributed by atoms with Crippen LogP contribution in [0, 0.1) is 0 Å². The lowest BCUT2D eigenvalue weighted by Gasteiger charge is -2.30. The molecule has 5 nitrogen and oxygen atoms in total. The summed E-state index contributed by atoms with van der Waals surface area (Å²) in [6.07, 6.45) is 2.22. The van der Waals surface area contributed by atoms with E-state index in [9.17, 15) is 9.59 Å². The SMILES string of the molecule is C=CCN(C)C(=O)N(CCCC(=O)O)C(C)C. The molecule has 0 aliphatic rings. The van der Waals surface area contributed by atoms with Crippen molar-refractivity contribution in [3.63, 3.8) is 0 Å². The van der Waals surface area contributed by atoms with E-state index in [-0.39, 0.29) is 18.5 Å². The molecule has 0 bridgehead atoms. The number of hydrogen-bond acceptors (Lipinski definition) is 2. The molecule has 1 N–H and O–H groups in total. The third kappa shape index (κ3) is 5.94. The molecule has 0 aromatic carbocycles. The Kier molecular flexibility index (Phi) is 7.02. The maximum atomic E-state index is 12.0. The number of hydrogen-bond donors (Lipinski definition) is 1. The van der Waals surface area contributed by atoms with Crippen LogP contribution in [-0.2, 0) is 4.79 Å². The van der Waals surface area contributed by atoms with Crippen molar-refractivity contribution in [2.75, 3.05) is 20.1 Å². The molecule has 0 spiro atoms. The molecule has 2 amide bonds. The molecule has 17 heavy (non-hydrogen) atoms. The predicted molar refractivity (Wildman–Crippen MR) is 66.9 cm³/mol. The van der Waals surface area contributed by atoms with Crippen molar-refractivity contribution in [3.8, 4) is 0 Å². The van der Waals surface area contributed by atoms with E-state index < -0.39 is 5.97 Å². The van der Waals surface area contributed by atoms with Crippen LogP contribution in [0.1, 0.15) is 26.7 Å². The van der Waals surface area contributed by atoms with Crippen LogP contribution in [0.2, 0.25) is 0 Å². The number of aliphatic carboxylic acids is 1. The predicted octanol–water partition coefficient (Wildman–Crippen LogP) is 1.80. The van der Waals surface area contributed by atoms with Crippen LogP contribution in [0.15, 0.2) is 12.7 Å². The summed E-state index contributed by atoms with van der Waals surface area (Å²) in [5.41, 5.74) is 0. The van der Waals surface area contributed by atoms with Gasteiger partial charge in [-0.3, -0.25) is 4.79 Å². The van der Waals surface area contributed by atoms with E-state index in [0.29, 0.717) is 19.5 Å². The van der Waals surface area contributed by atoms with Crippen molar-refractivity contribution >= 4 is 12.0 Å². The Labute approximate surface area is 103 Å². The lowest BCUT2D eigenvalue weighted by atomic mass is 10.2. The molecule has 0 fully saturated rings. The van der Waals surface area contributed by atoms with Gasteiger partial charge in [-0.2, -0.15) is 0 Å². The van der Waals surface area contributed by atoms with Gasteiger partial charge in [-0.05, 0) is 20.3 Å². The zero-order chi connectivity index (χ0) is 13.4. The van der Waals surface area contributed by atoms with Crippen molar-refractivity contribution in [2.45, 2.75) is 32.7 Å². The van der Waals surface area contributed by atoms with E-state index in [0.717, 1.165) is 0 Å². The number of nitrogens with zero attached hydrogens (tertiary/aromatic N) is 2. The van der Waals surface area contributed by atoms with E-state index in [1.807, 2.05) is 13.8 Å². The largest absolute Gasteiger partial charge is 0.481 e. The van der Waals surface area contributed by atoms with E-state index in [4.69, 9.17) is 5.11 Å². The van der Waals surface area contributed by atoms with Gasteiger partial charge in [0.1, 0.15) is 0 Å². The number of likely N-dealkylation sites (N-methyl/N-ethyl adjacent to an activating group) is 1.